The third-order valence-electron chi connectivity index (χ3n) is 2.06. The summed E-state index contributed by atoms with van der Waals surface area (Å²) in [5.41, 5.74) is 5.64. The van der Waals surface area contributed by atoms with Gasteiger partial charge in [-0.2, -0.15) is 0 Å². The molecule has 0 saturated heterocycles. The Kier molecular flexibility index (Phi) is 3.43. The van der Waals surface area contributed by atoms with Crippen LogP contribution < -0.4 is 15.2 Å². The number of hydrogen-bond donors (Lipinski definition) is 1. The molecule has 1 heterocycles. The Balaban J connectivity index is 2.35. The molecule has 2 rings (SSSR count). The van der Waals surface area contributed by atoms with Gasteiger partial charge in [-0.1, -0.05) is 12.1 Å². The summed E-state index contributed by atoms with van der Waals surface area (Å²) in [7, 11) is 1.57. The van der Waals surface area contributed by atoms with Crippen LogP contribution in [0.25, 0.3) is 0 Å². The van der Waals surface area contributed by atoms with Crippen LogP contribution in [0.5, 0.6) is 17.4 Å². The van der Waals surface area contributed by atoms with E-state index in [0.717, 1.165) is 0 Å². The van der Waals surface area contributed by atoms with Gasteiger partial charge in [0.05, 0.1) is 7.11 Å². The number of rotatable bonds is 3. The zero-order valence-electron chi connectivity index (χ0n) is 9.05. The minimum absolute atomic E-state index is 0.324. The van der Waals surface area contributed by atoms with Crippen LogP contribution in [0.1, 0.15) is 0 Å². The number of nitrogens with two attached hydrogens (primary N) is 1. The lowest BCUT2D eigenvalue weighted by atomic mass is 10.3. The van der Waals surface area contributed by atoms with Gasteiger partial charge in [0.1, 0.15) is 16.6 Å². The summed E-state index contributed by atoms with van der Waals surface area (Å²) in [4.78, 5) is 7.83. The van der Waals surface area contributed by atoms with Gasteiger partial charge in [-0.15, -0.1) is 0 Å². The minimum Gasteiger partial charge on any atom is -0.493 e. The van der Waals surface area contributed by atoms with E-state index in [0.29, 0.717) is 27.7 Å². The topological polar surface area (TPSA) is 70.3 Å². The van der Waals surface area contributed by atoms with Crippen molar-refractivity contribution in [1.29, 1.82) is 0 Å². The molecule has 0 amide bonds. The van der Waals surface area contributed by atoms with E-state index >= 15 is 0 Å². The number of nitrogens with zero attached hydrogens (tertiary/aromatic N) is 2. The van der Waals surface area contributed by atoms with E-state index in [9.17, 15) is 0 Å². The SMILES string of the molecule is COc1ccccc1Oc1ncnc(N)c1Br. The van der Waals surface area contributed by atoms with Crippen molar-refractivity contribution in [2.45, 2.75) is 0 Å². The van der Waals surface area contributed by atoms with Crippen LogP contribution in [0, 0.1) is 0 Å². The average Bonchev–Trinajstić information content (AvgIpc) is 2.35. The van der Waals surface area contributed by atoms with Crippen molar-refractivity contribution in [1.82, 2.24) is 9.97 Å². The Morgan fingerprint density at radius 1 is 1.18 bits per heavy atom. The Morgan fingerprint density at radius 3 is 2.59 bits per heavy atom. The number of anilines is 1. The molecule has 0 saturated carbocycles. The van der Waals surface area contributed by atoms with Crippen molar-refractivity contribution in [3.8, 4) is 17.4 Å². The molecule has 88 valence electrons. The molecule has 5 nitrogen and oxygen atoms in total. The summed E-state index contributed by atoms with van der Waals surface area (Å²) in [6.45, 7) is 0. The van der Waals surface area contributed by atoms with Crippen molar-refractivity contribution in [2.24, 2.45) is 0 Å². The maximum absolute atomic E-state index is 5.64. The highest BCUT2D eigenvalue weighted by molar-refractivity contribution is 9.10. The van der Waals surface area contributed by atoms with E-state index in [-0.39, 0.29) is 0 Å². The maximum Gasteiger partial charge on any atom is 0.239 e. The maximum atomic E-state index is 5.64. The van der Waals surface area contributed by atoms with Gasteiger partial charge in [0.25, 0.3) is 0 Å². The molecule has 0 spiro atoms. The third kappa shape index (κ3) is 2.47. The lowest BCUT2D eigenvalue weighted by Gasteiger charge is -2.10. The number of aromatic nitrogens is 2. The molecule has 0 atom stereocenters. The second-order valence-electron chi connectivity index (χ2n) is 3.13. The number of halogens is 1. The van der Waals surface area contributed by atoms with Crippen molar-refractivity contribution in [3.63, 3.8) is 0 Å². The number of benzene rings is 1. The van der Waals surface area contributed by atoms with Crippen LogP contribution in [0.15, 0.2) is 35.1 Å². The quantitative estimate of drug-likeness (QED) is 0.942. The Labute approximate surface area is 107 Å². The van der Waals surface area contributed by atoms with E-state index < -0.39 is 0 Å². The van der Waals surface area contributed by atoms with Crippen LogP contribution >= 0.6 is 15.9 Å². The molecular weight excluding hydrogens is 286 g/mol. The zero-order valence-corrected chi connectivity index (χ0v) is 10.6. The van der Waals surface area contributed by atoms with E-state index in [1.54, 1.807) is 19.2 Å². The normalized spacial score (nSPS) is 10.0. The summed E-state index contributed by atoms with van der Waals surface area (Å²) < 4.78 is 11.3. The van der Waals surface area contributed by atoms with E-state index in [1.165, 1.54) is 6.33 Å². The van der Waals surface area contributed by atoms with Crippen molar-refractivity contribution in [3.05, 3.63) is 35.1 Å². The molecule has 0 aliphatic rings. The molecule has 2 N–H and O–H groups in total. The molecule has 0 radical (unpaired) electrons. The van der Waals surface area contributed by atoms with Gasteiger partial charge in [-0.25, -0.2) is 9.97 Å². The number of hydrogen-bond acceptors (Lipinski definition) is 5. The fraction of sp³-hybridized carbons (Fsp3) is 0.0909. The molecule has 0 bridgehead atoms. The van der Waals surface area contributed by atoms with Gasteiger partial charge in [-0.3, -0.25) is 0 Å². The zero-order chi connectivity index (χ0) is 12.3. The Bertz CT molecular complexity index is 534. The summed E-state index contributed by atoms with van der Waals surface area (Å²) in [6.07, 6.45) is 1.34. The van der Waals surface area contributed by atoms with Crippen molar-refractivity contribution >= 4 is 21.7 Å². The highest BCUT2D eigenvalue weighted by Gasteiger charge is 2.10. The van der Waals surface area contributed by atoms with E-state index in [2.05, 4.69) is 25.9 Å². The van der Waals surface area contributed by atoms with Crippen LogP contribution in [0.2, 0.25) is 0 Å². The Morgan fingerprint density at radius 2 is 1.88 bits per heavy atom. The fourth-order valence-corrected chi connectivity index (χ4v) is 1.53. The van der Waals surface area contributed by atoms with Crippen molar-refractivity contribution < 1.29 is 9.47 Å². The van der Waals surface area contributed by atoms with Crippen LogP contribution in [0.3, 0.4) is 0 Å². The number of methoxy groups -OCH3 is 1. The first-order chi connectivity index (χ1) is 8.22. The third-order valence-corrected chi connectivity index (χ3v) is 2.81. The molecule has 1 aromatic heterocycles. The van der Waals surface area contributed by atoms with Crippen LogP contribution in [0.4, 0.5) is 5.82 Å². The summed E-state index contributed by atoms with van der Waals surface area (Å²) in [6, 6.07) is 7.28. The molecule has 17 heavy (non-hydrogen) atoms. The van der Waals surface area contributed by atoms with Gasteiger partial charge in [-0.05, 0) is 28.1 Å². The molecule has 6 heteroatoms. The highest BCUT2D eigenvalue weighted by atomic mass is 79.9. The predicted molar refractivity (Wildman–Crippen MR) is 67.2 cm³/mol. The molecule has 0 fully saturated rings. The van der Waals surface area contributed by atoms with Crippen molar-refractivity contribution in [2.75, 3.05) is 12.8 Å². The molecule has 0 aliphatic carbocycles. The predicted octanol–water partition coefficient (Wildman–Crippen LogP) is 2.62. The first-order valence-corrected chi connectivity index (χ1v) is 5.58. The Hall–Kier alpha value is -1.82. The second kappa shape index (κ2) is 5.01. The van der Waals surface area contributed by atoms with Gasteiger partial charge in [0, 0.05) is 0 Å². The fourth-order valence-electron chi connectivity index (χ4n) is 1.24. The molecule has 0 unspecified atom stereocenters. The highest BCUT2D eigenvalue weighted by Crippen LogP contribution is 2.34. The van der Waals surface area contributed by atoms with Crippen LogP contribution in [-0.4, -0.2) is 17.1 Å². The number of ether oxygens (including phenoxy) is 2. The first-order valence-electron chi connectivity index (χ1n) is 4.79. The van der Waals surface area contributed by atoms with Gasteiger partial charge in [0.15, 0.2) is 11.5 Å². The standard InChI is InChI=1S/C11H10BrN3O2/c1-16-7-4-2-3-5-8(7)17-11-9(12)10(13)14-6-15-11/h2-6H,1H3,(H2,13,14,15). The van der Waals surface area contributed by atoms with Gasteiger partial charge >= 0.3 is 0 Å². The molecule has 0 aliphatic heterocycles. The second-order valence-corrected chi connectivity index (χ2v) is 3.92. The molecule has 1 aromatic carbocycles. The first kappa shape index (κ1) is 11.7. The monoisotopic (exact) mass is 295 g/mol. The van der Waals surface area contributed by atoms with Gasteiger partial charge < -0.3 is 15.2 Å². The largest absolute Gasteiger partial charge is 0.493 e. The summed E-state index contributed by atoms with van der Waals surface area (Å²) >= 11 is 3.27. The number of nitrogen functional groups attached to an aromatic ring is 1. The summed E-state index contributed by atoms with van der Waals surface area (Å²) in [5.74, 6) is 1.86. The lowest BCUT2D eigenvalue weighted by Crippen LogP contribution is -1.97. The lowest BCUT2D eigenvalue weighted by molar-refractivity contribution is 0.373. The molecular formula is C11H10BrN3O2. The molecule has 2 aromatic rings. The minimum atomic E-state index is 0.324. The summed E-state index contributed by atoms with van der Waals surface area (Å²) in [5, 5.41) is 0. The van der Waals surface area contributed by atoms with Crippen LogP contribution in [-0.2, 0) is 0 Å². The van der Waals surface area contributed by atoms with Gasteiger partial charge in [0.2, 0.25) is 5.88 Å². The van der Waals surface area contributed by atoms with E-state index in [4.69, 9.17) is 15.2 Å². The number of para-hydroxylation sites is 2. The smallest absolute Gasteiger partial charge is 0.239 e. The van der Waals surface area contributed by atoms with E-state index in [1.807, 2.05) is 12.1 Å². The average molecular weight is 296 g/mol.